The number of aryl methyl sites for hydroxylation is 1. The highest BCUT2D eigenvalue weighted by molar-refractivity contribution is 6.14. The number of nitrogens with one attached hydrogen (secondary N) is 2. The molecule has 200 valence electrons. The molecule has 5 rings (SSSR count). The SMILES string of the molecule is Cc1ccc(C#N)cc1OC1=C2NC(=O)C(Cc3ccccc3)N=C2NC(Oc2cccc(C(=O)N(C)C)c2)=N1. The summed E-state index contributed by atoms with van der Waals surface area (Å²) in [4.78, 5) is 36.1. The van der Waals surface area contributed by atoms with Crippen molar-refractivity contribution in [2.45, 2.75) is 19.4 Å². The predicted octanol–water partition coefficient (Wildman–Crippen LogP) is 3.29. The van der Waals surface area contributed by atoms with Gasteiger partial charge < -0.3 is 19.7 Å². The molecular formula is C30H26N6O4. The summed E-state index contributed by atoms with van der Waals surface area (Å²) in [5, 5.41) is 15.3. The molecule has 10 nitrogen and oxygen atoms in total. The third-order valence-corrected chi connectivity index (χ3v) is 6.21. The van der Waals surface area contributed by atoms with Gasteiger partial charge in [0.2, 0.25) is 5.91 Å². The lowest BCUT2D eigenvalue weighted by molar-refractivity contribution is -0.121. The number of amidine groups is 2. The van der Waals surface area contributed by atoms with E-state index in [1.165, 1.54) is 4.90 Å². The van der Waals surface area contributed by atoms with E-state index in [2.05, 4.69) is 26.7 Å². The van der Waals surface area contributed by atoms with Gasteiger partial charge in [-0.15, -0.1) is 0 Å². The largest absolute Gasteiger partial charge is 0.437 e. The number of nitriles is 1. The van der Waals surface area contributed by atoms with Crippen LogP contribution in [0.3, 0.4) is 0 Å². The summed E-state index contributed by atoms with van der Waals surface area (Å²) in [6.45, 7) is 1.83. The molecule has 0 saturated heterocycles. The standard InChI is InChI=1S/C30H26N6O4/c1-18-12-13-20(17-31)15-24(18)40-28-25-26(32-23(27(37)33-25)14-19-8-5-4-6-9-19)34-30(35-28)39-22-11-7-10-21(16-22)29(38)36(2)3/h4-13,15-16,23H,14H2,1-3H3,(H,33,37)(H,32,34,35). The summed E-state index contributed by atoms with van der Waals surface area (Å²) in [5.74, 6) is 0.636. The van der Waals surface area contributed by atoms with Gasteiger partial charge in [-0.05, 0) is 48.4 Å². The Balaban J connectivity index is 1.51. The zero-order valence-electron chi connectivity index (χ0n) is 22.1. The van der Waals surface area contributed by atoms with Crippen molar-refractivity contribution in [3.8, 4) is 17.6 Å². The van der Waals surface area contributed by atoms with E-state index in [1.807, 2.05) is 37.3 Å². The summed E-state index contributed by atoms with van der Waals surface area (Å²) in [5.41, 5.74) is 2.83. The lowest BCUT2D eigenvalue weighted by Gasteiger charge is -2.28. The number of amides is 2. The van der Waals surface area contributed by atoms with Crippen LogP contribution in [0.15, 0.2) is 94.4 Å². The Morgan fingerprint density at radius 2 is 1.82 bits per heavy atom. The van der Waals surface area contributed by atoms with Crippen molar-refractivity contribution in [1.82, 2.24) is 15.5 Å². The minimum absolute atomic E-state index is 0.0376. The van der Waals surface area contributed by atoms with Crippen LogP contribution in [0.5, 0.6) is 11.5 Å². The van der Waals surface area contributed by atoms with Crippen molar-refractivity contribution in [2.75, 3.05) is 14.1 Å². The van der Waals surface area contributed by atoms with Gasteiger partial charge in [-0.3, -0.25) is 19.9 Å². The molecule has 1 atom stereocenters. The Bertz CT molecular complexity index is 1620. The van der Waals surface area contributed by atoms with E-state index in [-0.39, 0.29) is 29.4 Å². The van der Waals surface area contributed by atoms with Crippen LogP contribution in [0.25, 0.3) is 0 Å². The van der Waals surface area contributed by atoms with E-state index >= 15 is 0 Å². The van der Waals surface area contributed by atoms with Crippen LogP contribution in [-0.2, 0) is 11.2 Å². The number of carbonyl (C=O) groups is 2. The monoisotopic (exact) mass is 534 g/mol. The third-order valence-electron chi connectivity index (χ3n) is 6.21. The molecule has 10 heteroatoms. The minimum atomic E-state index is -0.695. The van der Waals surface area contributed by atoms with E-state index in [9.17, 15) is 14.9 Å². The maximum absolute atomic E-state index is 13.1. The molecule has 2 aliphatic heterocycles. The Morgan fingerprint density at radius 1 is 1.02 bits per heavy atom. The zero-order chi connectivity index (χ0) is 28.2. The number of carbonyl (C=O) groups excluding carboxylic acids is 2. The molecule has 40 heavy (non-hydrogen) atoms. The molecule has 2 N–H and O–H groups in total. The number of ether oxygens (including phenoxy) is 2. The first-order valence-electron chi connectivity index (χ1n) is 12.5. The third kappa shape index (κ3) is 5.68. The fourth-order valence-electron chi connectivity index (χ4n) is 4.12. The van der Waals surface area contributed by atoms with Crippen LogP contribution in [-0.4, -0.2) is 48.7 Å². The van der Waals surface area contributed by atoms with Gasteiger partial charge in [0.1, 0.15) is 23.2 Å². The van der Waals surface area contributed by atoms with Gasteiger partial charge in [-0.25, -0.2) is 0 Å². The molecule has 0 saturated carbocycles. The summed E-state index contributed by atoms with van der Waals surface area (Å²) in [6.07, 6.45) is 0.396. The number of rotatable bonds is 6. The maximum atomic E-state index is 13.1. The minimum Gasteiger partial charge on any atom is -0.437 e. The molecular weight excluding hydrogens is 508 g/mol. The molecule has 2 heterocycles. The molecule has 1 unspecified atom stereocenters. The first kappa shape index (κ1) is 26.2. The van der Waals surface area contributed by atoms with Crippen LogP contribution in [0, 0.1) is 18.3 Å². The molecule has 2 aliphatic rings. The lowest BCUT2D eigenvalue weighted by Crippen LogP contribution is -2.51. The lowest BCUT2D eigenvalue weighted by atomic mass is 10.0. The summed E-state index contributed by atoms with van der Waals surface area (Å²) < 4.78 is 12.1. The number of aliphatic imine (C=N–C) groups is 2. The average molecular weight is 535 g/mol. The Hall–Kier alpha value is -5.43. The van der Waals surface area contributed by atoms with Crippen LogP contribution in [0.1, 0.15) is 27.0 Å². The van der Waals surface area contributed by atoms with Gasteiger partial charge in [0.25, 0.3) is 11.8 Å². The van der Waals surface area contributed by atoms with E-state index in [0.717, 1.165) is 11.1 Å². The van der Waals surface area contributed by atoms with Gasteiger partial charge in [0.15, 0.2) is 5.84 Å². The fourth-order valence-corrected chi connectivity index (χ4v) is 4.12. The molecule has 0 radical (unpaired) electrons. The molecule has 3 aromatic rings. The summed E-state index contributed by atoms with van der Waals surface area (Å²) >= 11 is 0. The van der Waals surface area contributed by atoms with Crippen molar-refractivity contribution >= 4 is 23.7 Å². The van der Waals surface area contributed by atoms with E-state index in [4.69, 9.17) is 9.47 Å². The molecule has 2 amide bonds. The van der Waals surface area contributed by atoms with Gasteiger partial charge >= 0.3 is 6.02 Å². The van der Waals surface area contributed by atoms with Gasteiger partial charge in [0.05, 0.1) is 11.6 Å². The van der Waals surface area contributed by atoms with Crippen molar-refractivity contribution in [3.05, 3.63) is 107 Å². The van der Waals surface area contributed by atoms with E-state index in [0.29, 0.717) is 34.9 Å². The number of hydrogen-bond acceptors (Lipinski definition) is 8. The second-order valence-electron chi connectivity index (χ2n) is 9.42. The molecule has 3 aromatic carbocycles. The molecule has 0 aromatic heterocycles. The van der Waals surface area contributed by atoms with Crippen molar-refractivity contribution in [1.29, 1.82) is 5.26 Å². The number of nitrogens with zero attached hydrogens (tertiary/aromatic N) is 4. The normalized spacial score (nSPS) is 15.9. The van der Waals surface area contributed by atoms with E-state index < -0.39 is 6.04 Å². The quantitative estimate of drug-likeness (QED) is 0.500. The zero-order valence-corrected chi connectivity index (χ0v) is 22.1. The second kappa shape index (κ2) is 11.1. The Morgan fingerprint density at radius 3 is 2.58 bits per heavy atom. The number of benzene rings is 3. The summed E-state index contributed by atoms with van der Waals surface area (Å²) in [7, 11) is 3.34. The van der Waals surface area contributed by atoms with Gasteiger partial charge in [0, 0.05) is 26.1 Å². The Labute approximate surface area is 231 Å². The van der Waals surface area contributed by atoms with Crippen LogP contribution >= 0.6 is 0 Å². The van der Waals surface area contributed by atoms with Crippen molar-refractivity contribution in [3.63, 3.8) is 0 Å². The molecule has 0 bridgehead atoms. The van der Waals surface area contributed by atoms with Crippen LogP contribution in [0.2, 0.25) is 0 Å². The van der Waals surface area contributed by atoms with Crippen LogP contribution in [0.4, 0.5) is 0 Å². The van der Waals surface area contributed by atoms with Crippen LogP contribution < -0.4 is 20.1 Å². The first-order chi connectivity index (χ1) is 19.3. The maximum Gasteiger partial charge on any atom is 0.304 e. The molecule has 0 spiro atoms. The highest BCUT2D eigenvalue weighted by Crippen LogP contribution is 2.26. The molecule has 0 aliphatic carbocycles. The molecule has 0 fully saturated rings. The summed E-state index contributed by atoms with van der Waals surface area (Å²) in [6, 6.07) is 22.8. The highest BCUT2D eigenvalue weighted by Gasteiger charge is 2.34. The van der Waals surface area contributed by atoms with E-state index in [1.54, 1.807) is 56.6 Å². The second-order valence-corrected chi connectivity index (χ2v) is 9.42. The van der Waals surface area contributed by atoms with Crippen molar-refractivity contribution < 1.29 is 19.1 Å². The fraction of sp³-hybridized carbons (Fsp3) is 0.167. The number of fused-ring (bicyclic) bond motifs is 1. The average Bonchev–Trinajstić information content (AvgIpc) is 2.95. The van der Waals surface area contributed by atoms with Crippen molar-refractivity contribution in [2.24, 2.45) is 9.98 Å². The smallest absolute Gasteiger partial charge is 0.304 e. The Kier molecular flexibility index (Phi) is 7.29. The predicted molar refractivity (Wildman–Crippen MR) is 149 cm³/mol. The first-order valence-corrected chi connectivity index (χ1v) is 12.5. The topological polar surface area (TPSA) is 128 Å². The van der Waals surface area contributed by atoms with Gasteiger partial charge in [-0.1, -0.05) is 42.5 Å². The number of hydrogen-bond donors (Lipinski definition) is 2. The highest BCUT2D eigenvalue weighted by atomic mass is 16.5. The van der Waals surface area contributed by atoms with Gasteiger partial charge in [-0.2, -0.15) is 10.3 Å².